The zero-order valence-corrected chi connectivity index (χ0v) is 14.3. The van der Waals surface area contributed by atoms with Crippen LogP contribution in [0, 0.1) is 19.7 Å². The molecule has 1 aromatic carbocycles. The third kappa shape index (κ3) is 3.89. The van der Waals surface area contributed by atoms with Gasteiger partial charge in [-0.05, 0) is 31.5 Å². The SMILES string of the molecule is COc1ccc(CN(C)S(=O)(=O)Cc2c(C)noc2C)cc1F. The van der Waals surface area contributed by atoms with E-state index in [2.05, 4.69) is 5.16 Å². The molecule has 0 aliphatic rings. The molecule has 6 nitrogen and oxygen atoms in total. The molecule has 0 aliphatic heterocycles. The predicted octanol–water partition coefficient (Wildman–Crippen LogP) is 2.40. The molecule has 0 amide bonds. The van der Waals surface area contributed by atoms with Gasteiger partial charge in [0.1, 0.15) is 5.76 Å². The summed E-state index contributed by atoms with van der Waals surface area (Å²) in [5, 5.41) is 3.75. The summed E-state index contributed by atoms with van der Waals surface area (Å²) in [6, 6.07) is 4.37. The minimum Gasteiger partial charge on any atom is -0.494 e. The number of benzene rings is 1. The number of hydrogen-bond acceptors (Lipinski definition) is 5. The third-order valence-corrected chi connectivity index (χ3v) is 5.34. The fraction of sp³-hybridized carbons (Fsp3) is 0.400. The molecule has 0 saturated heterocycles. The lowest BCUT2D eigenvalue weighted by molar-refractivity contribution is 0.385. The smallest absolute Gasteiger partial charge is 0.218 e. The fourth-order valence-electron chi connectivity index (χ4n) is 2.16. The number of rotatable bonds is 6. The van der Waals surface area contributed by atoms with E-state index in [1.165, 1.54) is 30.6 Å². The molecule has 0 radical (unpaired) electrons. The molecule has 8 heteroatoms. The van der Waals surface area contributed by atoms with Crippen molar-refractivity contribution in [2.24, 2.45) is 0 Å². The standard InChI is InChI=1S/C15H19FN2O4S/c1-10-13(11(2)22-17-10)9-23(19,20)18(3)8-12-5-6-15(21-4)14(16)7-12/h5-7H,8-9H2,1-4H3. The molecule has 0 bridgehead atoms. The third-order valence-electron chi connectivity index (χ3n) is 3.60. The van der Waals surface area contributed by atoms with Crippen LogP contribution in [-0.4, -0.2) is 32.0 Å². The summed E-state index contributed by atoms with van der Waals surface area (Å²) in [6.45, 7) is 3.43. The highest BCUT2D eigenvalue weighted by atomic mass is 32.2. The Balaban J connectivity index is 2.16. The quantitative estimate of drug-likeness (QED) is 0.806. The van der Waals surface area contributed by atoms with Crippen LogP contribution in [0.25, 0.3) is 0 Å². The van der Waals surface area contributed by atoms with Gasteiger partial charge in [-0.15, -0.1) is 0 Å². The first-order valence-corrected chi connectivity index (χ1v) is 8.53. The molecule has 2 aromatic rings. The lowest BCUT2D eigenvalue weighted by Crippen LogP contribution is -2.28. The molecule has 0 aliphatic carbocycles. The average Bonchev–Trinajstić information content (AvgIpc) is 2.79. The first-order valence-electron chi connectivity index (χ1n) is 6.92. The number of aromatic nitrogens is 1. The Morgan fingerprint density at radius 2 is 2.04 bits per heavy atom. The Morgan fingerprint density at radius 3 is 2.57 bits per heavy atom. The second kappa shape index (κ2) is 6.67. The van der Waals surface area contributed by atoms with Crippen LogP contribution in [0.2, 0.25) is 0 Å². The molecule has 1 heterocycles. The number of sulfonamides is 1. The van der Waals surface area contributed by atoms with Crippen molar-refractivity contribution >= 4 is 10.0 Å². The van der Waals surface area contributed by atoms with E-state index in [0.29, 0.717) is 22.6 Å². The Bertz CT molecular complexity index is 782. The normalized spacial score (nSPS) is 11.9. The molecule has 1 aromatic heterocycles. The highest BCUT2D eigenvalue weighted by molar-refractivity contribution is 7.88. The van der Waals surface area contributed by atoms with Crippen LogP contribution in [-0.2, 0) is 22.3 Å². The highest BCUT2D eigenvalue weighted by Crippen LogP contribution is 2.21. The predicted molar refractivity (Wildman–Crippen MR) is 83.0 cm³/mol. The van der Waals surface area contributed by atoms with Gasteiger partial charge < -0.3 is 9.26 Å². The Labute approximate surface area is 134 Å². The maximum absolute atomic E-state index is 13.7. The summed E-state index contributed by atoms with van der Waals surface area (Å²) in [6.07, 6.45) is 0. The van der Waals surface area contributed by atoms with E-state index in [4.69, 9.17) is 9.26 Å². The number of nitrogens with zero attached hydrogens (tertiary/aromatic N) is 2. The monoisotopic (exact) mass is 342 g/mol. The molecule has 0 saturated carbocycles. The van der Waals surface area contributed by atoms with Crippen molar-refractivity contribution in [1.82, 2.24) is 9.46 Å². The maximum Gasteiger partial charge on any atom is 0.218 e. The summed E-state index contributed by atoms with van der Waals surface area (Å²) in [5.74, 6) is -0.130. The van der Waals surface area contributed by atoms with Crippen LogP contribution in [0.15, 0.2) is 22.7 Å². The van der Waals surface area contributed by atoms with Gasteiger partial charge in [0.15, 0.2) is 11.6 Å². The number of methoxy groups -OCH3 is 1. The summed E-state index contributed by atoms with van der Waals surface area (Å²) < 4.78 is 49.6. The van der Waals surface area contributed by atoms with E-state index >= 15 is 0 Å². The first kappa shape index (κ1) is 17.4. The largest absolute Gasteiger partial charge is 0.494 e. The molecule has 0 N–H and O–H groups in total. The van der Waals surface area contributed by atoms with Crippen molar-refractivity contribution in [3.63, 3.8) is 0 Å². The summed E-state index contributed by atoms with van der Waals surface area (Å²) >= 11 is 0. The molecule has 2 rings (SSSR count). The summed E-state index contributed by atoms with van der Waals surface area (Å²) in [4.78, 5) is 0. The van der Waals surface area contributed by atoms with Crippen LogP contribution in [0.1, 0.15) is 22.6 Å². The number of ether oxygens (including phenoxy) is 1. The van der Waals surface area contributed by atoms with E-state index < -0.39 is 15.8 Å². The van der Waals surface area contributed by atoms with Gasteiger partial charge in [-0.3, -0.25) is 0 Å². The maximum atomic E-state index is 13.7. The molecule has 126 valence electrons. The van der Waals surface area contributed by atoms with Gasteiger partial charge in [0.2, 0.25) is 10.0 Å². The van der Waals surface area contributed by atoms with Crippen molar-refractivity contribution in [1.29, 1.82) is 0 Å². The van der Waals surface area contributed by atoms with Gasteiger partial charge in [0, 0.05) is 19.2 Å². The molecule has 0 fully saturated rings. The van der Waals surface area contributed by atoms with Gasteiger partial charge in [0.25, 0.3) is 0 Å². The van der Waals surface area contributed by atoms with Crippen LogP contribution in [0.3, 0.4) is 0 Å². The van der Waals surface area contributed by atoms with Crippen LogP contribution < -0.4 is 4.74 Å². The van der Waals surface area contributed by atoms with Crippen molar-refractivity contribution < 1.29 is 22.1 Å². The number of hydrogen-bond donors (Lipinski definition) is 0. The molecule has 0 atom stereocenters. The lowest BCUT2D eigenvalue weighted by Gasteiger charge is -2.17. The van der Waals surface area contributed by atoms with Gasteiger partial charge >= 0.3 is 0 Å². The van der Waals surface area contributed by atoms with E-state index in [9.17, 15) is 12.8 Å². The lowest BCUT2D eigenvalue weighted by atomic mass is 10.2. The van der Waals surface area contributed by atoms with Gasteiger partial charge in [-0.1, -0.05) is 11.2 Å². The highest BCUT2D eigenvalue weighted by Gasteiger charge is 2.23. The van der Waals surface area contributed by atoms with Gasteiger partial charge in [-0.25, -0.2) is 17.1 Å². The molecule has 0 unspecified atom stereocenters. The second-order valence-electron chi connectivity index (χ2n) is 5.28. The minimum absolute atomic E-state index is 0.0621. The van der Waals surface area contributed by atoms with Crippen LogP contribution >= 0.6 is 0 Å². The molecule has 23 heavy (non-hydrogen) atoms. The van der Waals surface area contributed by atoms with E-state index in [1.54, 1.807) is 19.9 Å². The van der Waals surface area contributed by atoms with Gasteiger partial charge in [0.05, 0.1) is 18.6 Å². The first-order chi connectivity index (χ1) is 10.7. The fourth-order valence-corrected chi connectivity index (χ4v) is 3.51. The van der Waals surface area contributed by atoms with E-state index in [0.717, 1.165) is 0 Å². The van der Waals surface area contributed by atoms with Crippen LogP contribution in [0.4, 0.5) is 4.39 Å². The van der Waals surface area contributed by atoms with E-state index in [-0.39, 0.29) is 18.0 Å². The van der Waals surface area contributed by atoms with Gasteiger partial charge in [-0.2, -0.15) is 0 Å². The number of halogens is 1. The summed E-state index contributed by atoms with van der Waals surface area (Å²) in [5.41, 5.74) is 1.64. The van der Waals surface area contributed by atoms with Crippen molar-refractivity contribution in [2.75, 3.05) is 14.2 Å². The number of aryl methyl sites for hydroxylation is 2. The summed E-state index contributed by atoms with van der Waals surface area (Å²) in [7, 11) is -0.748. The van der Waals surface area contributed by atoms with Crippen molar-refractivity contribution in [3.05, 3.63) is 46.6 Å². The molecule has 0 spiro atoms. The molecular formula is C15H19FN2O4S. The Morgan fingerprint density at radius 1 is 1.35 bits per heavy atom. The Kier molecular flexibility index (Phi) is 5.06. The van der Waals surface area contributed by atoms with Crippen molar-refractivity contribution in [2.45, 2.75) is 26.1 Å². The average molecular weight is 342 g/mol. The van der Waals surface area contributed by atoms with Crippen molar-refractivity contribution in [3.8, 4) is 5.75 Å². The second-order valence-corrected chi connectivity index (χ2v) is 7.36. The topological polar surface area (TPSA) is 72.6 Å². The minimum atomic E-state index is -3.58. The Hall–Kier alpha value is -1.93. The zero-order valence-electron chi connectivity index (χ0n) is 13.5. The van der Waals surface area contributed by atoms with Crippen LogP contribution in [0.5, 0.6) is 5.75 Å². The zero-order chi connectivity index (χ0) is 17.2. The van der Waals surface area contributed by atoms with E-state index in [1.807, 2.05) is 0 Å². The molecular weight excluding hydrogens is 323 g/mol.